The molecule has 1 aliphatic heterocycles. The Morgan fingerprint density at radius 3 is 2.48 bits per heavy atom. The van der Waals surface area contributed by atoms with Crippen LogP contribution in [0.3, 0.4) is 0 Å². The minimum Gasteiger partial charge on any atom is -0.492 e. The fourth-order valence-corrected chi connectivity index (χ4v) is 4.16. The van der Waals surface area contributed by atoms with Crippen molar-refractivity contribution in [3.8, 4) is 5.75 Å². The number of rotatable bonds is 8. The van der Waals surface area contributed by atoms with Crippen LogP contribution in [0.4, 0.5) is 4.39 Å². The number of amides is 1. The summed E-state index contributed by atoms with van der Waals surface area (Å²) in [7, 11) is 0. The Labute approximate surface area is 198 Å². The van der Waals surface area contributed by atoms with Crippen molar-refractivity contribution in [2.45, 2.75) is 18.9 Å². The molecule has 0 radical (unpaired) electrons. The Balaban J connectivity index is 1.32. The van der Waals surface area contributed by atoms with Gasteiger partial charge in [-0.05, 0) is 67.9 Å². The predicted octanol–water partition coefficient (Wildman–Crippen LogP) is 4.87. The van der Waals surface area contributed by atoms with Gasteiger partial charge in [-0.1, -0.05) is 41.9 Å². The molecule has 1 atom stereocenters. The molecule has 1 fully saturated rings. The molecule has 0 unspecified atom stereocenters. The number of carbonyl (C=O) groups excluding carboxylic acids is 1. The van der Waals surface area contributed by atoms with Crippen LogP contribution in [-0.4, -0.2) is 42.0 Å². The average Bonchev–Trinajstić information content (AvgIpc) is 2.85. The van der Waals surface area contributed by atoms with Gasteiger partial charge in [-0.25, -0.2) is 4.39 Å². The molecule has 1 amide bonds. The molecule has 0 spiro atoms. The van der Waals surface area contributed by atoms with Gasteiger partial charge in [0.2, 0.25) is 5.91 Å². The number of carbonyl (C=O) groups is 1. The van der Waals surface area contributed by atoms with Gasteiger partial charge in [-0.3, -0.25) is 14.7 Å². The van der Waals surface area contributed by atoms with Gasteiger partial charge in [0.15, 0.2) is 0 Å². The van der Waals surface area contributed by atoms with E-state index in [4.69, 9.17) is 16.3 Å². The molecule has 1 aliphatic rings. The molecule has 2 heterocycles. The number of hydrogen-bond donors (Lipinski definition) is 1. The summed E-state index contributed by atoms with van der Waals surface area (Å²) >= 11 is 6.03. The highest BCUT2D eigenvalue weighted by atomic mass is 35.5. The van der Waals surface area contributed by atoms with E-state index in [1.165, 1.54) is 12.3 Å². The molecule has 1 saturated heterocycles. The van der Waals surface area contributed by atoms with Gasteiger partial charge in [-0.15, -0.1) is 0 Å². The van der Waals surface area contributed by atoms with Gasteiger partial charge in [0, 0.05) is 17.5 Å². The van der Waals surface area contributed by atoms with Crippen LogP contribution in [0.5, 0.6) is 5.75 Å². The lowest BCUT2D eigenvalue weighted by Gasteiger charge is -2.32. The lowest BCUT2D eigenvalue weighted by Crippen LogP contribution is -2.43. The van der Waals surface area contributed by atoms with Crippen molar-refractivity contribution in [1.82, 2.24) is 15.2 Å². The van der Waals surface area contributed by atoms with E-state index in [9.17, 15) is 9.18 Å². The van der Waals surface area contributed by atoms with Crippen molar-refractivity contribution >= 4 is 17.5 Å². The van der Waals surface area contributed by atoms with Crippen molar-refractivity contribution in [2.24, 2.45) is 5.92 Å². The molecule has 3 aromatic rings. The van der Waals surface area contributed by atoms with E-state index in [1.54, 1.807) is 18.2 Å². The molecule has 1 aromatic heterocycles. The van der Waals surface area contributed by atoms with E-state index in [1.807, 2.05) is 42.5 Å². The third kappa shape index (κ3) is 6.53. The number of benzene rings is 2. The van der Waals surface area contributed by atoms with Crippen LogP contribution in [0.25, 0.3) is 0 Å². The van der Waals surface area contributed by atoms with Crippen molar-refractivity contribution in [2.75, 3.05) is 26.2 Å². The molecule has 7 heteroatoms. The van der Waals surface area contributed by atoms with Crippen molar-refractivity contribution in [3.63, 3.8) is 0 Å². The molecular weight excluding hydrogens is 441 g/mol. The first kappa shape index (κ1) is 23.2. The number of hydrogen-bond acceptors (Lipinski definition) is 4. The topological polar surface area (TPSA) is 54.5 Å². The SMILES string of the molecule is O=C(N[C@H](c1ccc(Cl)cc1)c1ccc(F)cn1)C1CCN(CCOc2ccccc2)CC1. The zero-order chi connectivity index (χ0) is 23.0. The Kier molecular flexibility index (Phi) is 7.92. The zero-order valence-electron chi connectivity index (χ0n) is 18.3. The number of nitrogens with zero attached hydrogens (tertiary/aromatic N) is 2. The second-order valence-corrected chi connectivity index (χ2v) is 8.61. The Bertz CT molecular complexity index is 978. The zero-order valence-corrected chi connectivity index (χ0v) is 19.0. The minimum atomic E-state index is -0.465. The maximum atomic E-state index is 13.4. The van der Waals surface area contributed by atoms with Crippen LogP contribution in [0, 0.1) is 11.7 Å². The quantitative estimate of drug-likeness (QED) is 0.513. The third-order valence-electron chi connectivity index (χ3n) is 5.91. The number of pyridine rings is 1. The van der Waals surface area contributed by atoms with Crippen LogP contribution in [0.2, 0.25) is 5.02 Å². The highest BCUT2D eigenvalue weighted by molar-refractivity contribution is 6.30. The highest BCUT2D eigenvalue weighted by Gasteiger charge is 2.28. The van der Waals surface area contributed by atoms with Crippen molar-refractivity contribution in [1.29, 1.82) is 0 Å². The van der Waals surface area contributed by atoms with E-state index in [0.717, 1.165) is 43.8 Å². The largest absolute Gasteiger partial charge is 0.492 e. The number of para-hydroxylation sites is 1. The van der Waals surface area contributed by atoms with Crippen LogP contribution in [0.15, 0.2) is 72.9 Å². The fraction of sp³-hybridized carbons (Fsp3) is 0.308. The molecule has 33 heavy (non-hydrogen) atoms. The van der Waals surface area contributed by atoms with E-state index in [2.05, 4.69) is 15.2 Å². The third-order valence-corrected chi connectivity index (χ3v) is 6.17. The maximum absolute atomic E-state index is 13.4. The Hall–Kier alpha value is -2.96. The fourth-order valence-electron chi connectivity index (χ4n) is 4.03. The van der Waals surface area contributed by atoms with Gasteiger partial charge < -0.3 is 10.1 Å². The summed E-state index contributed by atoms with van der Waals surface area (Å²) in [5.74, 6) is 0.366. The first-order chi connectivity index (χ1) is 16.1. The number of piperidine rings is 1. The lowest BCUT2D eigenvalue weighted by atomic mass is 9.94. The maximum Gasteiger partial charge on any atom is 0.224 e. The standard InChI is InChI=1S/C26H27ClFN3O2/c27-21-8-6-19(7-9-21)25(24-11-10-22(28)18-29-24)30-26(32)20-12-14-31(15-13-20)16-17-33-23-4-2-1-3-5-23/h1-11,18,20,25H,12-17H2,(H,30,32)/t25-/m1/s1. The summed E-state index contributed by atoms with van der Waals surface area (Å²) in [6, 6.07) is 19.5. The average molecular weight is 468 g/mol. The summed E-state index contributed by atoms with van der Waals surface area (Å²) in [5, 5.41) is 3.74. The van der Waals surface area contributed by atoms with E-state index < -0.39 is 11.9 Å². The van der Waals surface area contributed by atoms with Gasteiger partial charge in [0.25, 0.3) is 0 Å². The van der Waals surface area contributed by atoms with E-state index in [-0.39, 0.29) is 11.8 Å². The normalized spacial score (nSPS) is 15.7. The van der Waals surface area contributed by atoms with E-state index >= 15 is 0 Å². The van der Waals surface area contributed by atoms with Crippen LogP contribution >= 0.6 is 11.6 Å². The molecule has 5 nitrogen and oxygen atoms in total. The molecule has 0 saturated carbocycles. The minimum absolute atomic E-state index is 0.0127. The molecule has 1 N–H and O–H groups in total. The first-order valence-electron chi connectivity index (χ1n) is 11.2. The van der Waals surface area contributed by atoms with Crippen LogP contribution in [0.1, 0.15) is 30.1 Å². The number of nitrogens with one attached hydrogen (secondary N) is 1. The van der Waals surface area contributed by atoms with Gasteiger partial charge in [0.05, 0.1) is 17.9 Å². The molecule has 2 aromatic carbocycles. The molecule has 172 valence electrons. The molecule has 0 aliphatic carbocycles. The summed E-state index contributed by atoms with van der Waals surface area (Å²) < 4.78 is 19.2. The number of ether oxygens (including phenoxy) is 1. The molecular formula is C26H27ClFN3O2. The van der Waals surface area contributed by atoms with Gasteiger partial charge >= 0.3 is 0 Å². The number of aromatic nitrogens is 1. The summed E-state index contributed by atoms with van der Waals surface area (Å²) in [5.41, 5.74) is 1.44. The van der Waals surface area contributed by atoms with E-state index in [0.29, 0.717) is 17.3 Å². The number of likely N-dealkylation sites (tertiary alicyclic amines) is 1. The van der Waals surface area contributed by atoms with Crippen LogP contribution < -0.4 is 10.1 Å². The first-order valence-corrected chi connectivity index (χ1v) is 11.5. The predicted molar refractivity (Wildman–Crippen MR) is 127 cm³/mol. The van der Waals surface area contributed by atoms with Crippen molar-refractivity contribution < 1.29 is 13.9 Å². The van der Waals surface area contributed by atoms with Gasteiger partial charge in [-0.2, -0.15) is 0 Å². The monoisotopic (exact) mass is 467 g/mol. The molecule has 0 bridgehead atoms. The van der Waals surface area contributed by atoms with Crippen molar-refractivity contribution in [3.05, 3.63) is 95.0 Å². The second kappa shape index (κ2) is 11.3. The lowest BCUT2D eigenvalue weighted by molar-refractivity contribution is -0.127. The van der Waals surface area contributed by atoms with Crippen LogP contribution in [-0.2, 0) is 4.79 Å². The summed E-state index contributed by atoms with van der Waals surface area (Å²) in [6.07, 6.45) is 2.73. The highest BCUT2D eigenvalue weighted by Crippen LogP contribution is 2.25. The number of halogens is 2. The Morgan fingerprint density at radius 2 is 1.82 bits per heavy atom. The smallest absolute Gasteiger partial charge is 0.224 e. The summed E-state index contributed by atoms with van der Waals surface area (Å²) in [6.45, 7) is 3.14. The molecule has 4 rings (SSSR count). The van der Waals surface area contributed by atoms with Gasteiger partial charge in [0.1, 0.15) is 18.2 Å². The Morgan fingerprint density at radius 1 is 1.09 bits per heavy atom. The second-order valence-electron chi connectivity index (χ2n) is 8.17. The summed E-state index contributed by atoms with van der Waals surface area (Å²) in [4.78, 5) is 19.6.